The zero-order valence-electron chi connectivity index (χ0n) is 8.96. The first-order chi connectivity index (χ1) is 6.76. The van der Waals surface area contributed by atoms with E-state index in [1.54, 1.807) is 0 Å². The molecular formula is C11H20N2O. The molecule has 3 nitrogen and oxygen atoms in total. The van der Waals surface area contributed by atoms with Gasteiger partial charge in [-0.25, -0.2) is 0 Å². The van der Waals surface area contributed by atoms with Gasteiger partial charge in [-0.3, -0.25) is 4.79 Å². The van der Waals surface area contributed by atoms with Crippen molar-refractivity contribution in [3.63, 3.8) is 0 Å². The molecule has 0 radical (unpaired) electrons. The van der Waals surface area contributed by atoms with E-state index in [0.717, 1.165) is 25.9 Å². The van der Waals surface area contributed by atoms with Crippen LogP contribution in [-0.4, -0.2) is 36.5 Å². The molecule has 14 heavy (non-hydrogen) atoms. The predicted octanol–water partition coefficient (Wildman–Crippen LogP) is 1.16. The van der Waals surface area contributed by atoms with Crippen molar-refractivity contribution in [2.24, 2.45) is 0 Å². The van der Waals surface area contributed by atoms with Crippen molar-refractivity contribution >= 4 is 5.91 Å². The highest BCUT2D eigenvalue weighted by molar-refractivity contribution is 5.87. The van der Waals surface area contributed by atoms with Crippen LogP contribution in [-0.2, 0) is 4.79 Å². The molecule has 3 heteroatoms. The summed E-state index contributed by atoms with van der Waals surface area (Å²) in [5.41, 5.74) is 0. The summed E-state index contributed by atoms with van der Waals surface area (Å²) in [5, 5.41) is 2.95. The third-order valence-electron chi connectivity index (χ3n) is 2.66. The van der Waals surface area contributed by atoms with E-state index in [4.69, 9.17) is 0 Å². The van der Waals surface area contributed by atoms with Gasteiger partial charge in [-0.1, -0.05) is 13.5 Å². The van der Waals surface area contributed by atoms with Crippen molar-refractivity contribution < 1.29 is 4.79 Å². The summed E-state index contributed by atoms with van der Waals surface area (Å²) in [4.78, 5) is 13.5. The van der Waals surface area contributed by atoms with E-state index in [0.29, 0.717) is 6.04 Å². The van der Waals surface area contributed by atoms with Gasteiger partial charge in [0.1, 0.15) is 0 Å². The second-order valence-corrected chi connectivity index (χ2v) is 3.83. The Morgan fingerprint density at radius 3 is 2.71 bits per heavy atom. The third-order valence-corrected chi connectivity index (χ3v) is 2.66. The standard InChI is InChI=1S/C11H20N2O/c1-3-7-13-8-5-10(6-9-13)12-11(14)4-2/h4,10H,2-3,5-9H2,1H3,(H,12,14). The van der Waals surface area contributed by atoms with Gasteiger partial charge in [0.2, 0.25) is 5.91 Å². The molecule has 0 saturated carbocycles. The lowest BCUT2D eigenvalue weighted by Crippen LogP contribution is -2.44. The summed E-state index contributed by atoms with van der Waals surface area (Å²) in [7, 11) is 0. The Bertz CT molecular complexity index is 195. The minimum absolute atomic E-state index is 0.0426. The molecule has 0 unspecified atom stereocenters. The zero-order valence-corrected chi connectivity index (χ0v) is 8.96. The number of rotatable bonds is 4. The first-order valence-corrected chi connectivity index (χ1v) is 5.41. The summed E-state index contributed by atoms with van der Waals surface area (Å²) in [6, 6.07) is 0.355. The van der Waals surface area contributed by atoms with Crippen molar-refractivity contribution in [3.8, 4) is 0 Å². The summed E-state index contributed by atoms with van der Waals surface area (Å²) in [5.74, 6) is -0.0426. The Kier molecular flexibility index (Phi) is 4.66. The average molecular weight is 196 g/mol. The molecule has 1 saturated heterocycles. The van der Waals surface area contributed by atoms with E-state index in [-0.39, 0.29) is 5.91 Å². The monoisotopic (exact) mass is 196 g/mol. The van der Waals surface area contributed by atoms with E-state index in [2.05, 4.69) is 23.7 Å². The molecule has 0 aromatic rings. The summed E-state index contributed by atoms with van der Waals surface area (Å²) in [6.07, 6.45) is 4.70. The van der Waals surface area contributed by atoms with Gasteiger partial charge in [-0.2, -0.15) is 0 Å². The number of hydrogen-bond donors (Lipinski definition) is 1. The maximum absolute atomic E-state index is 11.0. The SMILES string of the molecule is C=CC(=O)NC1CCN(CCC)CC1. The Morgan fingerprint density at radius 2 is 2.21 bits per heavy atom. The molecule has 0 aliphatic carbocycles. The van der Waals surface area contributed by atoms with Gasteiger partial charge in [0.15, 0.2) is 0 Å². The summed E-state index contributed by atoms with van der Waals surface area (Å²) < 4.78 is 0. The van der Waals surface area contributed by atoms with Crippen LogP contribution in [0.25, 0.3) is 0 Å². The van der Waals surface area contributed by atoms with Crippen LogP contribution in [0.3, 0.4) is 0 Å². The van der Waals surface area contributed by atoms with Gasteiger partial charge in [-0.05, 0) is 31.9 Å². The molecule has 1 N–H and O–H groups in total. The van der Waals surface area contributed by atoms with Gasteiger partial charge in [-0.15, -0.1) is 0 Å². The van der Waals surface area contributed by atoms with Gasteiger partial charge in [0.25, 0.3) is 0 Å². The van der Waals surface area contributed by atoms with E-state index < -0.39 is 0 Å². The van der Waals surface area contributed by atoms with E-state index >= 15 is 0 Å². The molecule has 1 rings (SSSR count). The fourth-order valence-electron chi connectivity index (χ4n) is 1.88. The average Bonchev–Trinajstić information content (AvgIpc) is 2.21. The second-order valence-electron chi connectivity index (χ2n) is 3.83. The molecule has 0 aromatic carbocycles. The highest BCUT2D eigenvalue weighted by Crippen LogP contribution is 2.10. The lowest BCUT2D eigenvalue weighted by atomic mass is 10.0. The largest absolute Gasteiger partial charge is 0.350 e. The zero-order chi connectivity index (χ0) is 10.4. The van der Waals surface area contributed by atoms with Crippen LogP contribution in [0.2, 0.25) is 0 Å². The van der Waals surface area contributed by atoms with Crippen molar-refractivity contribution in [2.75, 3.05) is 19.6 Å². The Morgan fingerprint density at radius 1 is 1.57 bits per heavy atom. The number of nitrogens with one attached hydrogen (secondary N) is 1. The quantitative estimate of drug-likeness (QED) is 0.684. The fraction of sp³-hybridized carbons (Fsp3) is 0.727. The molecule has 1 aliphatic rings. The van der Waals surface area contributed by atoms with Crippen molar-refractivity contribution in [3.05, 3.63) is 12.7 Å². The summed E-state index contributed by atoms with van der Waals surface area (Å²) >= 11 is 0. The number of piperidine rings is 1. The molecular weight excluding hydrogens is 176 g/mol. The lowest BCUT2D eigenvalue weighted by Gasteiger charge is -2.31. The maximum Gasteiger partial charge on any atom is 0.243 e. The minimum Gasteiger partial charge on any atom is -0.350 e. The van der Waals surface area contributed by atoms with Crippen LogP contribution in [0, 0.1) is 0 Å². The highest BCUT2D eigenvalue weighted by Gasteiger charge is 2.18. The Hall–Kier alpha value is -0.830. The van der Waals surface area contributed by atoms with Crippen LogP contribution in [0.15, 0.2) is 12.7 Å². The molecule has 1 aliphatic heterocycles. The van der Waals surface area contributed by atoms with Crippen molar-refractivity contribution in [2.45, 2.75) is 32.2 Å². The number of likely N-dealkylation sites (tertiary alicyclic amines) is 1. The van der Waals surface area contributed by atoms with Crippen molar-refractivity contribution in [1.29, 1.82) is 0 Å². The number of hydrogen-bond acceptors (Lipinski definition) is 2. The minimum atomic E-state index is -0.0426. The topological polar surface area (TPSA) is 32.3 Å². The van der Waals surface area contributed by atoms with E-state index in [1.807, 2.05) is 0 Å². The van der Waals surface area contributed by atoms with E-state index in [9.17, 15) is 4.79 Å². The summed E-state index contributed by atoms with van der Waals surface area (Å²) in [6.45, 7) is 9.04. The molecule has 0 aromatic heterocycles. The van der Waals surface area contributed by atoms with Crippen LogP contribution >= 0.6 is 0 Å². The first-order valence-electron chi connectivity index (χ1n) is 5.41. The third kappa shape index (κ3) is 3.50. The number of carbonyl (C=O) groups excluding carboxylic acids is 1. The highest BCUT2D eigenvalue weighted by atomic mass is 16.1. The second kappa shape index (κ2) is 5.81. The Balaban J connectivity index is 2.21. The molecule has 1 amide bonds. The maximum atomic E-state index is 11.0. The van der Waals surface area contributed by atoms with Crippen LogP contribution in [0.5, 0.6) is 0 Å². The lowest BCUT2D eigenvalue weighted by molar-refractivity contribution is -0.117. The molecule has 1 fully saturated rings. The van der Waals surface area contributed by atoms with Gasteiger partial charge < -0.3 is 10.2 Å². The van der Waals surface area contributed by atoms with E-state index in [1.165, 1.54) is 19.0 Å². The molecule has 0 bridgehead atoms. The first kappa shape index (κ1) is 11.2. The van der Waals surface area contributed by atoms with Crippen LogP contribution in [0.1, 0.15) is 26.2 Å². The smallest absolute Gasteiger partial charge is 0.243 e. The predicted molar refractivity (Wildman–Crippen MR) is 58.1 cm³/mol. The van der Waals surface area contributed by atoms with Gasteiger partial charge in [0.05, 0.1) is 0 Å². The molecule has 80 valence electrons. The number of carbonyl (C=O) groups is 1. The van der Waals surface area contributed by atoms with Gasteiger partial charge >= 0.3 is 0 Å². The van der Waals surface area contributed by atoms with Crippen molar-refractivity contribution in [1.82, 2.24) is 10.2 Å². The molecule has 0 spiro atoms. The molecule has 1 heterocycles. The Labute approximate surface area is 86.2 Å². The number of amides is 1. The fourth-order valence-corrected chi connectivity index (χ4v) is 1.88. The van der Waals surface area contributed by atoms with Crippen LogP contribution < -0.4 is 5.32 Å². The number of nitrogens with zero attached hydrogens (tertiary/aromatic N) is 1. The molecule has 0 atom stereocenters. The normalized spacial score (nSPS) is 19.2. The van der Waals surface area contributed by atoms with Crippen LogP contribution in [0.4, 0.5) is 0 Å². The van der Waals surface area contributed by atoms with Gasteiger partial charge in [0, 0.05) is 19.1 Å².